The standard InChI is InChI=1S/C13H17N3OS/c1-14-13(9-17,11-5-3-2-4-6-11)10-18-12-15-7-8-16-12/h2-8,14,17H,9-10H2,1H3,(H,15,16). The van der Waals surface area contributed by atoms with Crippen LogP contribution in [0.5, 0.6) is 0 Å². The summed E-state index contributed by atoms with van der Waals surface area (Å²) in [4.78, 5) is 7.23. The number of benzene rings is 1. The van der Waals surface area contributed by atoms with Crippen LogP contribution in [0, 0.1) is 0 Å². The number of imidazole rings is 1. The summed E-state index contributed by atoms with van der Waals surface area (Å²) < 4.78 is 0. The van der Waals surface area contributed by atoms with Crippen molar-refractivity contribution in [3.63, 3.8) is 0 Å². The van der Waals surface area contributed by atoms with Crippen molar-refractivity contribution in [3.05, 3.63) is 48.3 Å². The maximum atomic E-state index is 9.75. The van der Waals surface area contributed by atoms with E-state index < -0.39 is 5.54 Å². The quantitative estimate of drug-likeness (QED) is 0.693. The fourth-order valence-electron chi connectivity index (χ4n) is 1.79. The molecule has 2 aromatic rings. The minimum absolute atomic E-state index is 0.0429. The van der Waals surface area contributed by atoms with Gasteiger partial charge in [0.25, 0.3) is 0 Å². The third-order valence-corrected chi connectivity index (χ3v) is 4.14. The second-order valence-electron chi connectivity index (χ2n) is 4.04. The SMILES string of the molecule is CNC(CO)(CSc1ncc[nH]1)c1ccccc1. The molecule has 96 valence electrons. The van der Waals surface area contributed by atoms with Gasteiger partial charge in [0.15, 0.2) is 5.16 Å². The van der Waals surface area contributed by atoms with Gasteiger partial charge in [0.05, 0.1) is 12.1 Å². The largest absolute Gasteiger partial charge is 0.394 e. The topological polar surface area (TPSA) is 60.9 Å². The molecule has 1 aromatic carbocycles. The Morgan fingerprint density at radius 3 is 2.72 bits per heavy atom. The molecule has 0 saturated heterocycles. The van der Waals surface area contributed by atoms with Crippen LogP contribution in [0.4, 0.5) is 0 Å². The van der Waals surface area contributed by atoms with Crippen molar-refractivity contribution >= 4 is 11.8 Å². The molecule has 0 amide bonds. The first-order chi connectivity index (χ1) is 8.80. The van der Waals surface area contributed by atoms with Gasteiger partial charge in [0.2, 0.25) is 0 Å². The highest BCUT2D eigenvalue weighted by Crippen LogP contribution is 2.27. The van der Waals surface area contributed by atoms with Crippen LogP contribution < -0.4 is 5.32 Å². The van der Waals surface area contributed by atoms with Crippen molar-refractivity contribution in [3.8, 4) is 0 Å². The highest BCUT2D eigenvalue weighted by molar-refractivity contribution is 7.99. The highest BCUT2D eigenvalue weighted by atomic mass is 32.2. The summed E-state index contributed by atoms with van der Waals surface area (Å²) in [5.74, 6) is 0.706. The van der Waals surface area contributed by atoms with Crippen LogP contribution in [0.1, 0.15) is 5.56 Å². The van der Waals surface area contributed by atoms with Crippen molar-refractivity contribution in [2.75, 3.05) is 19.4 Å². The molecule has 5 heteroatoms. The lowest BCUT2D eigenvalue weighted by Crippen LogP contribution is -2.45. The van der Waals surface area contributed by atoms with Gasteiger partial charge in [-0.15, -0.1) is 0 Å². The Kier molecular flexibility index (Phi) is 4.41. The average molecular weight is 263 g/mol. The average Bonchev–Trinajstić information content (AvgIpc) is 2.95. The predicted molar refractivity (Wildman–Crippen MR) is 73.6 cm³/mol. The van der Waals surface area contributed by atoms with E-state index in [1.165, 1.54) is 0 Å². The summed E-state index contributed by atoms with van der Waals surface area (Å²) in [6.45, 7) is 0.0429. The lowest BCUT2D eigenvalue weighted by atomic mass is 9.93. The Labute approximate surface area is 111 Å². The van der Waals surface area contributed by atoms with Crippen LogP contribution >= 0.6 is 11.8 Å². The van der Waals surface area contributed by atoms with Gasteiger partial charge < -0.3 is 15.4 Å². The molecule has 1 aromatic heterocycles. The van der Waals surface area contributed by atoms with Crippen LogP contribution in [0.3, 0.4) is 0 Å². The first-order valence-corrected chi connectivity index (χ1v) is 6.77. The number of aliphatic hydroxyl groups excluding tert-OH is 1. The Hall–Kier alpha value is -1.30. The highest BCUT2D eigenvalue weighted by Gasteiger charge is 2.30. The fraction of sp³-hybridized carbons (Fsp3) is 0.308. The summed E-state index contributed by atoms with van der Waals surface area (Å²) in [7, 11) is 1.87. The summed E-state index contributed by atoms with van der Waals surface area (Å²) in [6, 6.07) is 9.98. The number of likely N-dealkylation sites (N-methyl/N-ethyl adjacent to an activating group) is 1. The first kappa shape index (κ1) is 13.1. The first-order valence-electron chi connectivity index (χ1n) is 5.78. The van der Waals surface area contributed by atoms with Gasteiger partial charge >= 0.3 is 0 Å². The van der Waals surface area contributed by atoms with E-state index in [0.29, 0.717) is 5.75 Å². The van der Waals surface area contributed by atoms with E-state index >= 15 is 0 Å². The molecule has 3 N–H and O–H groups in total. The van der Waals surface area contributed by atoms with Gasteiger partial charge in [0.1, 0.15) is 0 Å². The molecule has 1 atom stereocenters. The second kappa shape index (κ2) is 6.04. The molecule has 4 nitrogen and oxygen atoms in total. The number of aromatic nitrogens is 2. The Morgan fingerprint density at radius 2 is 2.17 bits per heavy atom. The van der Waals surface area contributed by atoms with Gasteiger partial charge in [-0.3, -0.25) is 0 Å². The Balaban J connectivity index is 2.16. The Bertz CT molecular complexity index is 454. The normalized spacial score (nSPS) is 14.3. The molecule has 0 aliphatic rings. The van der Waals surface area contributed by atoms with Gasteiger partial charge in [-0.1, -0.05) is 42.1 Å². The maximum Gasteiger partial charge on any atom is 0.165 e. The molecule has 1 unspecified atom stereocenters. The number of rotatable bonds is 6. The lowest BCUT2D eigenvalue weighted by Gasteiger charge is -2.31. The van der Waals surface area contributed by atoms with E-state index in [4.69, 9.17) is 0 Å². The number of aliphatic hydroxyl groups is 1. The summed E-state index contributed by atoms with van der Waals surface area (Å²) in [5, 5.41) is 13.8. The molecule has 0 aliphatic heterocycles. The zero-order valence-electron chi connectivity index (χ0n) is 10.3. The lowest BCUT2D eigenvalue weighted by molar-refractivity contribution is 0.187. The van der Waals surface area contributed by atoms with E-state index in [0.717, 1.165) is 10.7 Å². The molecular formula is C13H17N3OS. The minimum atomic E-state index is -0.446. The van der Waals surface area contributed by atoms with E-state index in [1.807, 2.05) is 37.4 Å². The Morgan fingerprint density at radius 1 is 1.39 bits per heavy atom. The van der Waals surface area contributed by atoms with E-state index in [-0.39, 0.29) is 6.61 Å². The third-order valence-electron chi connectivity index (χ3n) is 3.00. The molecule has 18 heavy (non-hydrogen) atoms. The molecule has 0 radical (unpaired) electrons. The maximum absolute atomic E-state index is 9.75. The number of nitrogens with zero attached hydrogens (tertiary/aromatic N) is 1. The van der Waals surface area contributed by atoms with Gasteiger partial charge in [0, 0.05) is 18.1 Å². The zero-order valence-corrected chi connectivity index (χ0v) is 11.1. The number of nitrogens with one attached hydrogen (secondary N) is 2. The summed E-state index contributed by atoms with van der Waals surface area (Å²) >= 11 is 1.59. The molecule has 0 saturated carbocycles. The van der Waals surface area contributed by atoms with Crippen LogP contribution in [0.15, 0.2) is 47.9 Å². The van der Waals surface area contributed by atoms with E-state index in [9.17, 15) is 5.11 Å². The number of hydrogen-bond donors (Lipinski definition) is 3. The smallest absolute Gasteiger partial charge is 0.165 e. The van der Waals surface area contributed by atoms with Crippen LogP contribution in [-0.4, -0.2) is 34.5 Å². The zero-order chi connectivity index (χ0) is 12.8. The van der Waals surface area contributed by atoms with Crippen molar-refractivity contribution in [1.29, 1.82) is 0 Å². The van der Waals surface area contributed by atoms with Crippen LogP contribution in [-0.2, 0) is 5.54 Å². The second-order valence-corrected chi connectivity index (χ2v) is 5.00. The summed E-state index contributed by atoms with van der Waals surface area (Å²) in [5.41, 5.74) is 0.632. The van der Waals surface area contributed by atoms with Crippen molar-refractivity contribution in [2.24, 2.45) is 0 Å². The summed E-state index contributed by atoms with van der Waals surface area (Å²) in [6.07, 6.45) is 3.52. The van der Waals surface area contributed by atoms with Gasteiger partial charge in [-0.25, -0.2) is 4.98 Å². The molecule has 0 bridgehead atoms. The monoisotopic (exact) mass is 263 g/mol. The van der Waals surface area contributed by atoms with Crippen LogP contribution in [0.2, 0.25) is 0 Å². The fourth-order valence-corrected chi connectivity index (χ4v) is 2.87. The third kappa shape index (κ3) is 2.75. The molecule has 1 heterocycles. The minimum Gasteiger partial charge on any atom is -0.394 e. The van der Waals surface area contributed by atoms with Gasteiger partial charge in [-0.2, -0.15) is 0 Å². The van der Waals surface area contributed by atoms with Crippen molar-refractivity contribution in [2.45, 2.75) is 10.7 Å². The number of aromatic amines is 1. The van der Waals surface area contributed by atoms with Crippen molar-refractivity contribution < 1.29 is 5.11 Å². The molecule has 0 spiro atoms. The van der Waals surface area contributed by atoms with E-state index in [1.54, 1.807) is 24.2 Å². The van der Waals surface area contributed by atoms with Crippen molar-refractivity contribution in [1.82, 2.24) is 15.3 Å². The van der Waals surface area contributed by atoms with Gasteiger partial charge in [-0.05, 0) is 12.6 Å². The van der Waals surface area contributed by atoms with Crippen LogP contribution in [0.25, 0.3) is 0 Å². The number of thioether (sulfide) groups is 1. The molecule has 0 fully saturated rings. The number of H-pyrrole nitrogens is 1. The molecular weight excluding hydrogens is 246 g/mol. The molecule has 0 aliphatic carbocycles. The predicted octanol–water partition coefficient (Wildman–Crippen LogP) is 1.61. The molecule has 2 rings (SSSR count). The van der Waals surface area contributed by atoms with E-state index in [2.05, 4.69) is 15.3 Å². The number of hydrogen-bond acceptors (Lipinski definition) is 4.